The van der Waals surface area contributed by atoms with E-state index in [4.69, 9.17) is 0 Å². The molecular weight excluding hydrogens is 278 g/mol. The van der Waals surface area contributed by atoms with Crippen molar-refractivity contribution in [1.29, 1.82) is 0 Å². The van der Waals surface area contributed by atoms with E-state index in [0.29, 0.717) is 6.07 Å². The molecule has 0 aliphatic heterocycles. The Morgan fingerprint density at radius 1 is 1.05 bits per heavy atom. The minimum Gasteiger partial charge on any atom is -0.462 e. The van der Waals surface area contributed by atoms with Gasteiger partial charge in [-0.25, -0.2) is 4.79 Å². The predicted octanol–water partition coefficient (Wildman–Crippen LogP) is 1.59. The molecule has 0 N–H and O–H groups in total. The molecular formula is C9H7N3O8. The van der Waals surface area contributed by atoms with E-state index >= 15 is 0 Å². The predicted molar refractivity (Wildman–Crippen MR) is 62.4 cm³/mol. The average molecular weight is 285 g/mol. The molecule has 0 spiro atoms. The minimum absolute atomic E-state index is 0.110. The molecule has 0 saturated heterocycles. The van der Waals surface area contributed by atoms with Gasteiger partial charge >= 0.3 is 23.0 Å². The van der Waals surface area contributed by atoms with Crippen LogP contribution in [0.25, 0.3) is 0 Å². The van der Waals surface area contributed by atoms with Crippen LogP contribution >= 0.6 is 0 Å². The lowest BCUT2D eigenvalue weighted by Crippen LogP contribution is -2.11. The zero-order valence-corrected chi connectivity index (χ0v) is 9.97. The van der Waals surface area contributed by atoms with Gasteiger partial charge in [0.25, 0.3) is 0 Å². The monoisotopic (exact) mass is 285 g/mol. The van der Waals surface area contributed by atoms with E-state index < -0.39 is 43.4 Å². The summed E-state index contributed by atoms with van der Waals surface area (Å²) in [6.45, 7) is 1.32. The lowest BCUT2D eigenvalue weighted by atomic mass is 10.1. The molecule has 20 heavy (non-hydrogen) atoms. The van der Waals surface area contributed by atoms with Crippen LogP contribution in [0.2, 0.25) is 0 Å². The fourth-order valence-corrected chi connectivity index (χ4v) is 1.45. The maximum absolute atomic E-state index is 11.5. The highest BCUT2D eigenvalue weighted by Crippen LogP contribution is 2.39. The van der Waals surface area contributed by atoms with E-state index in [0.717, 1.165) is 6.07 Å². The van der Waals surface area contributed by atoms with Gasteiger partial charge < -0.3 is 4.74 Å². The first kappa shape index (κ1) is 14.9. The number of rotatable bonds is 5. The third kappa shape index (κ3) is 2.66. The van der Waals surface area contributed by atoms with Crippen molar-refractivity contribution in [2.24, 2.45) is 0 Å². The first-order chi connectivity index (χ1) is 9.31. The highest BCUT2D eigenvalue weighted by molar-refractivity contribution is 5.97. The van der Waals surface area contributed by atoms with Crippen LogP contribution < -0.4 is 0 Å². The van der Waals surface area contributed by atoms with E-state index in [1.807, 2.05) is 0 Å². The van der Waals surface area contributed by atoms with Gasteiger partial charge in [-0.1, -0.05) is 0 Å². The number of carbonyl (C=O) groups excluding carboxylic acids is 1. The van der Waals surface area contributed by atoms with E-state index in [1.165, 1.54) is 6.92 Å². The molecule has 0 amide bonds. The topological polar surface area (TPSA) is 156 Å². The van der Waals surface area contributed by atoms with Crippen LogP contribution in [-0.4, -0.2) is 27.3 Å². The molecule has 1 aromatic rings. The molecule has 1 aromatic carbocycles. The fraction of sp³-hybridized carbons (Fsp3) is 0.222. The molecule has 0 atom stereocenters. The fourth-order valence-electron chi connectivity index (χ4n) is 1.45. The number of carbonyl (C=O) groups is 1. The smallest absolute Gasteiger partial charge is 0.423 e. The molecule has 0 aromatic heterocycles. The van der Waals surface area contributed by atoms with E-state index in [-0.39, 0.29) is 6.61 Å². The first-order valence-corrected chi connectivity index (χ1v) is 5.08. The van der Waals surface area contributed by atoms with E-state index in [9.17, 15) is 35.1 Å². The molecule has 0 radical (unpaired) electrons. The number of hydrogen-bond acceptors (Lipinski definition) is 8. The molecule has 0 aliphatic rings. The summed E-state index contributed by atoms with van der Waals surface area (Å²) in [5.41, 5.74) is -4.41. The van der Waals surface area contributed by atoms with Gasteiger partial charge in [0.05, 0.1) is 21.4 Å². The molecule has 1 rings (SSSR count). The van der Waals surface area contributed by atoms with Crippen molar-refractivity contribution < 1.29 is 24.3 Å². The van der Waals surface area contributed by atoms with Crippen molar-refractivity contribution in [2.75, 3.05) is 6.61 Å². The highest BCUT2D eigenvalue weighted by atomic mass is 16.6. The first-order valence-electron chi connectivity index (χ1n) is 5.08. The number of esters is 1. The second-order valence-electron chi connectivity index (χ2n) is 3.32. The second kappa shape index (κ2) is 5.69. The number of nitro benzene ring substituents is 3. The van der Waals surface area contributed by atoms with E-state index in [2.05, 4.69) is 4.74 Å². The third-order valence-electron chi connectivity index (χ3n) is 2.19. The standard InChI is InChI=1S/C9H7N3O8/c1-2-20-9(13)5-3-4-6(10(14)15)8(12(18)19)7(5)11(16)17/h3-4H,2H2,1H3. The van der Waals surface area contributed by atoms with Gasteiger partial charge in [-0.2, -0.15) is 0 Å². The Morgan fingerprint density at radius 3 is 2.00 bits per heavy atom. The molecule has 106 valence electrons. The second-order valence-corrected chi connectivity index (χ2v) is 3.32. The van der Waals surface area contributed by atoms with Crippen LogP contribution in [0.15, 0.2) is 12.1 Å². The van der Waals surface area contributed by atoms with Gasteiger partial charge in [-0.05, 0) is 13.0 Å². The average Bonchev–Trinajstić information content (AvgIpc) is 2.36. The summed E-state index contributed by atoms with van der Waals surface area (Å²) >= 11 is 0. The summed E-state index contributed by atoms with van der Waals surface area (Å²) < 4.78 is 4.52. The number of nitrogens with zero attached hydrogens (tertiary/aromatic N) is 3. The van der Waals surface area contributed by atoms with Gasteiger partial charge in [0.2, 0.25) is 0 Å². The number of hydrogen-bond donors (Lipinski definition) is 0. The van der Waals surface area contributed by atoms with Gasteiger partial charge in [0.1, 0.15) is 5.56 Å². The van der Waals surface area contributed by atoms with Crippen LogP contribution in [0.5, 0.6) is 0 Å². The zero-order chi connectivity index (χ0) is 15.4. The molecule has 0 aliphatic carbocycles. The lowest BCUT2D eigenvalue weighted by molar-refractivity contribution is -0.441. The molecule has 0 bridgehead atoms. The molecule has 0 saturated carbocycles. The third-order valence-corrected chi connectivity index (χ3v) is 2.19. The largest absolute Gasteiger partial charge is 0.462 e. The van der Waals surface area contributed by atoms with Crippen molar-refractivity contribution >= 4 is 23.0 Å². The van der Waals surface area contributed by atoms with Crippen LogP contribution in [0.4, 0.5) is 17.1 Å². The summed E-state index contributed by atoms with van der Waals surface area (Å²) in [5, 5.41) is 32.4. The summed E-state index contributed by atoms with van der Waals surface area (Å²) in [5.74, 6) is -1.17. The maximum atomic E-state index is 11.5. The summed E-state index contributed by atoms with van der Waals surface area (Å²) in [6.07, 6.45) is 0. The van der Waals surface area contributed by atoms with Crippen LogP contribution in [0, 0.1) is 30.3 Å². The van der Waals surface area contributed by atoms with Gasteiger partial charge in [0, 0.05) is 6.07 Å². The van der Waals surface area contributed by atoms with Crippen LogP contribution in [0.3, 0.4) is 0 Å². The Bertz CT molecular complexity index is 611. The molecule has 0 fully saturated rings. The Morgan fingerprint density at radius 2 is 1.60 bits per heavy atom. The SMILES string of the molecule is CCOC(=O)c1ccc([N+](=O)[O-])c([N+](=O)[O-])c1[N+](=O)[O-]. The zero-order valence-electron chi connectivity index (χ0n) is 9.97. The molecule has 0 heterocycles. The lowest BCUT2D eigenvalue weighted by Gasteiger charge is -2.03. The van der Waals surface area contributed by atoms with Crippen molar-refractivity contribution in [3.05, 3.63) is 48.0 Å². The Balaban J connectivity index is 3.69. The van der Waals surface area contributed by atoms with Gasteiger partial charge in [-0.3, -0.25) is 30.3 Å². The number of benzene rings is 1. The summed E-state index contributed by atoms with van der Waals surface area (Å²) in [6, 6.07) is 1.40. The Labute approximate surface area is 110 Å². The molecule has 11 nitrogen and oxygen atoms in total. The van der Waals surface area contributed by atoms with E-state index in [1.54, 1.807) is 0 Å². The van der Waals surface area contributed by atoms with Gasteiger partial charge in [-0.15, -0.1) is 0 Å². The maximum Gasteiger partial charge on any atom is 0.423 e. The van der Waals surface area contributed by atoms with Crippen LogP contribution in [-0.2, 0) is 4.74 Å². The van der Waals surface area contributed by atoms with Crippen LogP contribution in [0.1, 0.15) is 17.3 Å². The van der Waals surface area contributed by atoms with Crippen molar-refractivity contribution in [1.82, 2.24) is 0 Å². The molecule has 11 heteroatoms. The quantitative estimate of drug-likeness (QED) is 0.448. The summed E-state index contributed by atoms with van der Waals surface area (Å²) in [4.78, 5) is 40.3. The normalized spacial score (nSPS) is 9.85. The molecule has 0 unspecified atom stereocenters. The van der Waals surface area contributed by atoms with Crippen molar-refractivity contribution in [3.8, 4) is 0 Å². The number of nitro groups is 3. The Hall–Kier alpha value is -3.11. The van der Waals surface area contributed by atoms with Crippen molar-refractivity contribution in [2.45, 2.75) is 6.92 Å². The summed E-state index contributed by atoms with van der Waals surface area (Å²) in [7, 11) is 0. The minimum atomic E-state index is -1.36. The number of ether oxygens (including phenoxy) is 1. The van der Waals surface area contributed by atoms with Gasteiger partial charge in [0.15, 0.2) is 0 Å². The van der Waals surface area contributed by atoms with Crippen molar-refractivity contribution in [3.63, 3.8) is 0 Å². The Kier molecular flexibility index (Phi) is 4.25. The highest BCUT2D eigenvalue weighted by Gasteiger charge is 2.40.